The molecule has 13 heavy (non-hydrogen) atoms. The first-order valence-electron chi connectivity index (χ1n) is 4.58. The number of rotatable bonds is 2. The second kappa shape index (κ2) is 3.17. The predicted molar refractivity (Wildman–Crippen MR) is 51.3 cm³/mol. The third-order valence-electron chi connectivity index (χ3n) is 2.28. The van der Waals surface area contributed by atoms with E-state index in [9.17, 15) is 4.79 Å². The zero-order valence-electron chi connectivity index (χ0n) is 7.60. The summed E-state index contributed by atoms with van der Waals surface area (Å²) in [6.07, 6.45) is 9.51. The van der Waals surface area contributed by atoms with Crippen LogP contribution in [0.2, 0.25) is 0 Å². The number of amidine groups is 1. The van der Waals surface area contributed by atoms with E-state index >= 15 is 0 Å². The Morgan fingerprint density at radius 1 is 1.54 bits per heavy atom. The van der Waals surface area contributed by atoms with Crippen molar-refractivity contribution < 1.29 is 4.79 Å². The van der Waals surface area contributed by atoms with Crippen molar-refractivity contribution in [3.63, 3.8) is 0 Å². The molecule has 0 N–H and O–H groups in total. The lowest BCUT2D eigenvalue weighted by atomic mass is 10.1. The van der Waals surface area contributed by atoms with E-state index < -0.39 is 0 Å². The molecular formula is C10H12N2O. The lowest BCUT2D eigenvalue weighted by Crippen LogP contribution is -2.33. The SMILES string of the molecule is CCCC1C(=O)N=C2C=CC=CN21. The van der Waals surface area contributed by atoms with Gasteiger partial charge in [0.2, 0.25) is 0 Å². The maximum Gasteiger partial charge on any atom is 0.270 e. The van der Waals surface area contributed by atoms with Gasteiger partial charge in [-0.05, 0) is 18.6 Å². The Kier molecular flexibility index (Phi) is 2.00. The molecule has 2 heterocycles. The van der Waals surface area contributed by atoms with Crippen LogP contribution in [-0.4, -0.2) is 22.7 Å². The van der Waals surface area contributed by atoms with Crippen LogP contribution < -0.4 is 0 Å². The van der Waals surface area contributed by atoms with E-state index in [1.807, 2.05) is 29.3 Å². The lowest BCUT2D eigenvalue weighted by Gasteiger charge is -2.22. The van der Waals surface area contributed by atoms with E-state index in [-0.39, 0.29) is 11.9 Å². The summed E-state index contributed by atoms with van der Waals surface area (Å²) in [5, 5.41) is 0. The summed E-state index contributed by atoms with van der Waals surface area (Å²) in [4.78, 5) is 17.4. The molecule has 2 aliphatic heterocycles. The lowest BCUT2D eigenvalue weighted by molar-refractivity contribution is -0.120. The van der Waals surface area contributed by atoms with Gasteiger partial charge in [-0.25, -0.2) is 0 Å². The maximum absolute atomic E-state index is 11.4. The van der Waals surface area contributed by atoms with Crippen molar-refractivity contribution in [2.75, 3.05) is 0 Å². The van der Waals surface area contributed by atoms with Crippen molar-refractivity contribution in [3.05, 3.63) is 24.4 Å². The minimum absolute atomic E-state index is 0.00644. The first kappa shape index (κ1) is 8.23. The minimum atomic E-state index is -0.0544. The molecule has 0 fully saturated rings. The molecular weight excluding hydrogens is 164 g/mol. The van der Waals surface area contributed by atoms with Crippen molar-refractivity contribution in [1.82, 2.24) is 4.90 Å². The van der Waals surface area contributed by atoms with Crippen molar-refractivity contribution in [1.29, 1.82) is 0 Å². The van der Waals surface area contributed by atoms with Gasteiger partial charge < -0.3 is 4.90 Å². The van der Waals surface area contributed by atoms with Crippen LogP contribution in [0.1, 0.15) is 19.8 Å². The fourth-order valence-corrected chi connectivity index (χ4v) is 1.65. The topological polar surface area (TPSA) is 32.7 Å². The van der Waals surface area contributed by atoms with Gasteiger partial charge in [-0.1, -0.05) is 19.4 Å². The van der Waals surface area contributed by atoms with E-state index in [4.69, 9.17) is 0 Å². The maximum atomic E-state index is 11.4. The van der Waals surface area contributed by atoms with Gasteiger partial charge in [-0.15, -0.1) is 0 Å². The van der Waals surface area contributed by atoms with Gasteiger partial charge in [0.1, 0.15) is 11.9 Å². The Hall–Kier alpha value is -1.38. The Bertz CT molecular complexity index is 315. The highest BCUT2D eigenvalue weighted by molar-refractivity contribution is 6.09. The zero-order chi connectivity index (χ0) is 9.26. The number of fused-ring (bicyclic) bond motifs is 1. The molecule has 1 amide bonds. The largest absolute Gasteiger partial charge is 0.320 e. The molecule has 0 bridgehead atoms. The quantitative estimate of drug-likeness (QED) is 0.638. The summed E-state index contributed by atoms with van der Waals surface area (Å²) < 4.78 is 0. The van der Waals surface area contributed by atoms with Crippen molar-refractivity contribution in [2.45, 2.75) is 25.8 Å². The van der Waals surface area contributed by atoms with E-state index in [1.165, 1.54) is 0 Å². The number of carbonyl (C=O) groups excluding carboxylic acids is 1. The smallest absolute Gasteiger partial charge is 0.270 e. The van der Waals surface area contributed by atoms with Crippen LogP contribution in [0, 0.1) is 0 Å². The van der Waals surface area contributed by atoms with Crippen LogP contribution in [0.25, 0.3) is 0 Å². The van der Waals surface area contributed by atoms with Crippen LogP contribution in [0.15, 0.2) is 29.4 Å². The molecule has 0 aromatic heterocycles. The number of amides is 1. The van der Waals surface area contributed by atoms with Crippen LogP contribution in [0.5, 0.6) is 0 Å². The molecule has 0 aromatic carbocycles. The molecule has 68 valence electrons. The van der Waals surface area contributed by atoms with Gasteiger partial charge in [0, 0.05) is 6.20 Å². The average molecular weight is 176 g/mol. The number of aliphatic imine (C=N–C) groups is 1. The first-order chi connectivity index (χ1) is 6.33. The molecule has 2 rings (SSSR count). The Balaban J connectivity index is 2.22. The highest BCUT2D eigenvalue weighted by atomic mass is 16.2. The van der Waals surface area contributed by atoms with Gasteiger partial charge in [-0.2, -0.15) is 4.99 Å². The normalized spacial score (nSPS) is 25.0. The van der Waals surface area contributed by atoms with E-state index in [1.54, 1.807) is 0 Å². The first-order valence-corrected chi connectivity index (χ1v) is 4.58. The van der Waals surface area contributed by atoms with Crippen molar-refractivity contribution in [3.8, 4) is 0 Å². The molecule has 0 aromatic rings. The molecule has 0 spiro atoms. The number of carbonyl (C=O) groups is 1. The molecule has 3 heteroatoms. The summed E-state index contributed by atoms with van der Waals surface area (Å²) in [5.41, 5.74) is 0. The van der Waals surface area contributed by atoms with Crippen molar-refractivity contribution >= 4 is 11.7 Å². The average Bonchev–Trinajstić information content (AvgIpc) is 2.44. The summed E-state index contributed by atoms with van der Waals surface area (Å²) in [6, 6.07) is -0.0544. The van der Waals surface area contributed by atoms with Gasteiger partial charge in [-0.3, -0.25) is 4.79 Å². The molecule has 0 saturated heterocycles. The van der Waals surface area contributed by atoms with Crippen LogP contribution in [0.3, 0.4) is 0 Å². The molecule has 3 nitrogen and oxygen atoms in total. The molecule has 0 aliphatic carbocycles. The van der Waals surface area contributed by atoms with Crippen LogP contribution in [0.4, 0.5) is 0 Å². The van der Waals surface area contributed by atoms with Crippen molar-refractivity contribution in [2.24, 2.45) is 4.99 Å². The number of allylic oxidation sites excluding steroid dienone is 2. The van der Waals surface area contributed by atoms with Gasteiger partial charge >= 0.3 is 0 Å². The fourth-order valence-electron chi connectivity index (χ4n) is 1.65. The van der Waals surface area contributed by atoms with E-state index in [0.717, 1.165) is 18.7 Å². The Morgan fingerprint density at radius 3 is 3.15 bits per heavy atom. The standard InChI is InChI=1S/C10H12N2O/c1-2-5-8-10(13)11-9-6-3-4-7-12(8)9/h3-4,6-8H,2,5H2,1H3. The minimum Gasteiger partial charge on any atom is -0.320 e. The van der Waals surface area contributed by atoms with Gasteiger partial charge in [0.15, 0.2) is 0 Å². The molecule has 0 saturated carbocycles. The van der Waals surface area contributed by atoms with Crippen LogP contribution >= 0.6 is 0 Å². The van der Waals surface area contributed by atoms with Gasteiger partial charge in [0.25, 0.3) is 5.91 Å². The highest BCUT2D eigenvalue weighted by Crippen LogP contribution is 2.19. The fraction of sp³-hybridized carbons (Fsp3) is 0.400. The zero-order valence-corrected chi connectivity index (χ0v) is 7.60. The van der Waals surface area contributed by atoms with Crippen LogP contribution in [-0.2, 0) is 4.79 Å². The highest BCUT2D eigenvalue weighted by Gasteiger charge is 2.32. The Labute approximate surface area is 77.4 Å². The monoisotopic (exact) mass is 176 g/mol. The third-order valence-corrected chi connectivity index (χ3v) is 2.28. The summed E-state index contributed by atoms with van der Waals surface area (Å²) in [5.74, 6) is 0.777. The van der Waals surface area contributed by atoms with E-state index in [0.29, 0.717) is 0 Å². The van der Waals surface area contributed by atoms with Gasteiger partial charge in [0.05, 0.1) is 0 Å². The molecule has 2 aliphatic rings. The second-order valence-corrected chi connectivity index (χ2v) is 3.22. The summed E-state index contributed by atoms with van der Waals surface area (Å²) in [6.45, 7) is 2.08. The second-order valence-electron chi connectivity index (χ2n) is 3.22. The number of nitrogens with zero attached hydrogens (tertiary/aromatic N) is 2. The predicted octanol–water partition coefficient (Wildman–Crippen LogP) is 1.48. The van der Waals surface area contributed by atoms with E-state index in [2.05, 4.69) is 11.9 Å². The summed E-state index contributed by atoms with van der Waals surface area (Å²) >= 11 is 0. The Morgan fingerprint density at radius 2 is 2.38 bits per heavy atom. The molecule has 1 atom stereocenters. The molecule has 0 radical (unpaired) electrons. The summed E-state index contributed by atoms with van der Waals surface area (Å²) in [7, 11) is 0. The number of hydrogen-bond acceptors (Lipinski definition) is 2. The third kappa shape index (κ3) is 1.30. The molecule has 1 unspecified atom stereocenters. The number of hydrogen-bond donors (Lipinski definition) is 0.